The van der Waals surface area contributed by atoms with Crippen molar-refractivity contribution < 1.29 is 19.1 Å². The summed E-state index contributed by atoms with van der Waals surface area (Å²) in [6.45, 7) is 0.172. The molecule has 0 saturated heterocycles. The van der Waals surface area contributed by atoms with Gasteiger partial charge < -0.3 is 10.4 Å². The molecule has 1 heterocycles. The molecule has 0 aliphatic carbocycles. The number of halogens is 2. The normalized spacial score (nSPS) is 10.4. The molecule has 0 aliphatic heterocycles. The minimum Gasteiger partial charge on any atom is -0.481 e. The third-order valence-electron chi connectivity index (χ3n) is 2.63. The quantitative estimate of drug-likeness (QED) is 0.888. The Morgan fingerprint density at radius 1 is 1.43 bits per heavy atom. The molecule has 0 saturated carbocycles. The zero-order chi connectivity index (χ0) is 15.4. The average molecular weight is 312 g/mol. The van der Waals surface area contributed by atoms with Gasteiger partial charge in [0.05, 0.1) is 29.7 Å². The number of carboxylic acid groups (broad SMARTS) is 1. The second kappa shape index (κ2) is 6.36. The Kier molecular flexibility index (Phi) is 4.54. The predicted molar refractivity (Wildman–Crippen MR) is 73.8 cm³/mol. The first-order chi connectivity index (χ1) is 9.95. The van der Waals surface area contributed by atoms with Crippen molar-refractivity contribution in [2.24, 2.45) is 0 Å². The van der Waals surface area contributed by atoms with E-state index in [1.165, 1.54) is 29.2 Å². The number of carbonyl (C=O) groups excluding carboxylic acids is 1. The highest BCUT2D eigenvalue weighted by Crippen LogP contribution is 2.19. The molecule has 8 heteroatoms. The number of benzene rings is 1. The fourth-order valence-corrected chi connectivity index (χ4v) is 1.77. The number of nitrogens with one attached hydrogen (secondary N) is 1. The number of hydrogen-bond donors (Lipinski definition) is 2. The van der Waals surface area contributed by atoms with Gasteiger partial charge >= 0.3 is 5.97 Å². The number of aromatic nitrogens is 2. The summed E-state index contributed by atoms with van der Waals surface area (Å²) in [5.74, 6) is -1.96. The number of aryl methyl sites for hydroxylation is 1. The van der Waals surface area contributed by atoms with Crippen molar-refractivity contribution in [3.05, 3.63) is 47.0 Å². The average Bonchev–Trinajstić information content (AvgIpc) is 2.89. The number of aliphatic carboxylic acids is 1. The number of amides is 1. The molecule has 1 aromatic carbocycles. The van der Waals surface area contributed by atoms with Gasteiger partial charge in [0, 0.05) is 11.9 Å². The Bertz CT molecular complexity index is 687. The van der Waals surface area contributed by atoms with Gasteiger partial charge in [-0.2, -0.15) is 5.10 Å². The first-order valence-corrected chi connectivity index (χ1v) is 6.34. The lowest BCUT2D eigenvalue weighted by Gasteiger charge is -2.04. The van der Waals surface area contributed by atoms with Crippen LogP contribution in [0.3, 0.4) is 0 Å². The summed E-state index contributed by atoms with van der Waals surface area (Å²) in [7, 11) is 0. The summed E-state index contributed by atoms with van der Waals surface area (Å²) in [5.41, 5.74) is 0.616. The summed E-state index contributed by atoms with van der Waals surface area (Å²) < 4.78 is 14.4. The predicted octanol–water partition coefficient (Wildman–Crippen LogP) is 2.40. The SMILES string of the molecule is O=C(O)CCn1cc(C(=O)Nc2ccc(F)c(Cl)c2)cn1. The van der Waals surface area contributed by atoms with E-state index >= 15 is 0 Å². The van der Waals surface area contributed by atoms with E-state index in [1.807, 2.05) is 0 Å². The number of hydrogen-bond acceptors (Lipinski definition) is 3. The molecule has 0 atom stereocenters. The van der Waals surface area contributed by atoms with Gasteiger partial charge in [-0.25, -0.2) is 4.39 Å². The Hall–Kier alpha value is -2.41. The van der Waals surface area contributed by atoms with Crippen LogP contribution in [0, 0.1) is 5.82 Å². The Labute approximate surface area is 124 Å². The molecular weight excluding hydrogens is 301 g/mol. The molecule has 1 amide bonds. The molecule has 0 fully saturated rings. The maximum atomic E-state index is 13.0. The molecule has 2 aromatic rings. The van der Waals surface area contributed by atoms with E-state index in [1.54, 1.807) is 0 Å². The van der Waals surface area contributed by atoms with E-state index in [4.69, 9.17) is 16.7 Å². The minimum atomic E-state index is -0.947. The summed E-state index contributed by atoms with van der Waals surface area (Å²) in [4.78, 5) is 22.4. The Balaban J connectivity index is 2.03. The lowest BCUT2D eigenvalue weighted by atomic mass is 10.3. The summed E-state index contributed by atoms with van der Waals surface area (Å²) in [5, 5.41) is 14.9. The van der Waals surface area contributed by atoms with Crippen LogP contribution in [-0.2, 0) is 11.3 Å². The molecule has 110 valence electrons. The number of anilines is 1. The van der Waals surface area contributed by atoms with Crippen LogP contribution in [0.15, 0.2) is 30.6 Å². The van der Waals surface area contributed by atoms with E-state index in [0.717, 1.165) is 6.07 Å². The third kappa shape index (κ3) is 4.03. The Morgan fingerprint density at radius 2 is 2.19 bits per heavy atom. The highest BCUT2D eigenvalue weighted by Gasteiger charge is 2.10. The van der Waals surface area contributed by atoms with E-state index < -0.39 is 17.7 Å². The van der Waals surface area contributed by atoms with Crippen molar-refractivity contribution in [2.45, 2.75) is 13.0 Å². The lowest BCUT2D eigenvalue weighted by Crippen LogP contribution is -2.11. The molecule has 0 radical (unpaired) electrons. The number of carboxylic acids is 1. The maximum Gasteiger partial charge on any atom is 0.305 e. The van der Waals surface area contributed by atoms with Crippen molar-refractivity contribution in [3.63, 3.8) is 0 Å². The Morgan fingerprint density at radius 3 is 2.86 bits per heavy atom. The van der Waals surface area contributed by atoms with Crippen molar-refractivity contribution >= 4 is 29.2 Å². The maximum absolute atomic E-state index is 13.0. The molecule has 0 spiro atoms. The summed E-state index contributed by atoms with van der Waals surface area (Å²) in [6.07, 6.45) is 2.67. The number of nitrogens with zero attached hydrogens (tertiary/aromatic N) is 2. The van der Waals surface area contributed by atoms with E-state index in [2.05, 4.69) is 10.4 Å². The van der Waals surface area contributed by atoms with Crippen molar-refractivity contribution in [1.29, 1.82) is 0 Å². The highest BCUT2D eigenvalue weighted by atomic mass is 35.5. The fourth-order valence-electron chi connectivity index (χ4n) is 1.59. The molecule has 0 bridgehead atoms. The van der Waals surface area contributed by atoms with Gasteiger partial charge in [0.1, 0.15) is 5.82 Å². The second-order valence-corrected chi connectivity index (χ2v) is 4.63. The van der Waals surface area contributed by atoms with E-state index in [-0.39, 0.29) is 23.6 Å². The number of carbonyl (C=O) groups is 2. The van der Waals surface area contributed by atoms with Gasteiger partial charge in [0.2, 0.25) is 0 Å². The van der Waals surface area contributed by atoms with Gasteiger partial charge in [-0.1, -0.05) is 11.6 Å². The zero-order valence-corrected chi connectivity index (χ0v) is 11.5. The van der Waals surface area contributed by atoms with Crippen LogP contribution < -0.4 is 5.32 Å². The standard InChI is InChI=1S/C13H11ClFN3O3/c14-10-5-9(1-2-11(10)15)17-13(21)8-6-16-18(7-8)4-3-12(19)20/h1-2,5-7H,3-4H2,(H,17,21)(H,19,20). The second-order valence-electron chi connectivity index (χ2n) is 4.22. The molecule has 2 rings (SSSR count). The fraction of sp³-hybridized carbons (Fsp3) is 0.154. The van der Waals surface area contributed by atoms with Crippen LogP contribution >= 0.6 is 11.6 Å². The van der Waals surface area contributed by atoms with Crippen LogP contribution in [0.2, 0.25) is 5.02 Å². The largest absolute Gasteiger partial charge is 0.481 e. The summed E-state index contributed by atoms with van der Waals surface area (Å²) in [6, 6.07) is 3.83. The van der Waals surface area contributed by atoms with Gasteiger partial charge in [-0.3, -0.25) is 14.3 Å². The molecule has 6 nitrogen and oxygen atoms in total. The van der Waals surface area contributed by atoms with Crippen LogP contribution in [0.5, 0.6) is 0 Å². The zero-order valence-electron chi connectivity index (χ0n) is 10.7. The van der Waals surface area contributed by atoms with Crippen molar-refractivity contribution in [2.75, 3.05) is 5.32 Å². The van der Waals surface area contributed by atoms with Gasteiger partial charge in [-0.05, 0) is 18.2 Å². The number of rotatable bonds is 5. The monoisotopic (exact) mass is 311 g/mol. The third-order valence-corrected chi connectivity index (χ3v) is 2.92. The van der Waals surface area contributed by atoms with Crippen molar-refractivity contribution in [3.8, 4) is 0 Å². The molecule has 0 aliphatic rings. The molecule has 0 unspecified atom stereocenters. The summed E-state index contributed by atoms with van der Waals surface area (Å²) >= 11 is 5.62. The lowest BCUT2D eigenvalue weighted by molar-refractivity contribution is -0.137. The van der Waals surface area contributed by atoms with Crippen LogP contribution in [0.25, 0.3) is 0 Å². The molecule has 1 aromatic heterocycles. The van der Waals surface area contributed by atoms with Crippen LogP contribution in [-0.4, -0.2) is 26.8 Å². The van der Waals surface area contributed by atoms with Crippen LogP contribution in [0.1, 0.15) is 16.8 Å². The van der Waals surface area contributed by atoms with Gasteiger partial charge in [0.25, 0.3) is 5.91 Å². The van der Waals surface area contributed by atoms with E-state index in [9.17, 15) is 14.0 Å². The van der Waals surface area contributed by atoms with Crippen LogP contribution in [0.4, 0.5) is 10.1 Å². The van der Waals surface area contributed by atoms with E-state index in [0.29, 0.717) is 5.69 Å². The van der Waals surface area contributed by atoms with Gasteiger partial charge in [0.15, 0.2) is 0 Å². The van der Waals surface area contributed by atoms with Crippen molar-refractivity contribution in [1.82, 2.24) is 9.78 Å². The topological polar surface area (TPSA) is 84.2 Å². The highest BCUT2D eigenvalue weighted by molar-refractivity contribution is 6.31. The molecule has 2 N–H and O–H groups in total. The first kappa shape index (κ1) is 15.0. The first-order valence-electron chi connectivity index (χ1n) is 5.96. The van der Waals surface area contributed by atoms with Gasteiger partial charge in [-0.15, -0.1) is 0 Å². The molecular formula is C13H11ClFN3O3. The smallest absolute Gasteiger partial charge is 0.305 e. The minimum absolute atomic E-state index is 0.0870. The molecule has 21 heavy (non-hydrogen) atoms.